The van der Waals surface area contributed by atoms with Gasteiger partial charge < -0.3 is 16.3 Å². The Kier molecular flexibility index (Phi) is 9.33. The molecule has 0 atom stereocenters. The number of hydrogen-bond acceptors (Lipinski definition) is 3. The van der Waals surface area contributed by atoms with Crippen LogP contribution in [0.3, 0.4) is 0 Å². The second kappa shape index (κ2) is 11.5. The van der Waals surface area contributed by atoms with Crippen LogP contribution in [0.5, 0.6) is 0 Å². The minimum Gasteiger partial charge on any atom is -1.00 e. The van der Waals surface area contributed by atoms with Gasteiger partial charge in [-0.15, -0.1) is 0 Å². The number of unbranched alkanes of at least 4 members (excludes halogenated alkanes) is 1. The van der Waals surface area contributed by atoms with Gasteiger partial charge in [0.25, 0.3) is 0 Å². The second-order valence-corrected chi connectivity index (χ2v) is 7.70. The molecule has 0 aromatic heterocycles. The molecule has 0 unspecified atom stereocenters. The first kappa shape index (κ1) is 23.6. The molecule has 0 aliphatic carbocycles. The Morgan fingerprint density at radius 1 is 1.17 bits per heavy atom. The van der Waals surface area contributed by atoms with Crippen LogP contribution in [-0.2, 0) is 17.6 Å². The number of nitrogens with zero attached hydrogens (tertiary/aromatic N) is 2. The Balaban J connectivity index is 0.00000225. The first-order valence-corrected chi connectivity index (χ1v) is 10.1. The molecule has 4 nitrogen and oxygen atoms in total. The van der Waals surface area contributed by atoms with Crippen LogP contribution in [0.1, 0.15) is 25.4 Å². The van der Waals surface area contributed by atoms with Crippen molar-refractivity contribution >= 4 is 28.9 Å². The molecule has 1 N–H and O–H groups in total. The second-order valence-electron chi connectivity index (χ2n) is 7.26. The van der Waals surface area contributed by atoms with Gasteiger partial charge in [-0.1, -0.05) is 41.9 Å². The number of para-hydroxylation sites is 1. The zero-order chi connectivity index (χ0) is 19.9. The number of carbonyl (C=O) groups is 1. The molecule has 1 aliphatic heterocycles. The van der Waals surface area contributed by atoms with E-state index in [1.54, 1.807) is 6.08 Å². The molecule has 0 radical (unpaired) electrons. The normalized spacial score (nSPS) is 13.0. The summed E-state index contributed by atoms with van der Waals surface area (Å²) in [5.41, 5.74) is 5.22. The van der Waals surface area contributed by atoms with Gasteiger partial charge in [-0.2, -0.15) is 0 Å². The number of halogens is 1. The number of aryl methyl sites for hydroxylation is 2. The van der Waals surface area contributed by atoms with Crippen molar-refractivity contribution in [2.45, 2.75) is 25.7 Å². The van der Waals surface area contributed by atoms with E-state index < -0.39 is 5.97 Å². The van der Waals surface area contributed by atoms with E-state index in [0.29, 0.717) is 6.54 Å². The quantitative estimate of drug-likeness (QED) is 0.414. The average Bonchev–Trinajstić information content (AvgIpc) is 2.82. The van der Waals surface area contributed by atoms with E-state index in [9.17, 15) is 4.79 Å². The third-order valence-corrected chi connectivity index (χ3v) is 5.37. The number of carboxylic acid groups (broad SMARTS) is 1. The summed E-state index contributed by atoms with van der Waals surface area (Å²) >= 11 is 6.31. The summed E-state index contributed by atoms with van der Waals surface area (Å²) in [4.78, 5) is 15.1. The van der Waals surface area contributed by atoms with E-state index in [0.717, 1.165) is 43.8 Å². The van der Waals surface area contributed by atoms with Crippen LogP contribution in [0.25, 0.3) is 0 Å². The van der Waals surface area contributed by atoms with Crippen LogP contribution in [0.2, 0.25) is 5.02 Å². The number of fused-ring (bicyclic) bond motifs is 2. The van der Waals surface area contributed by atoms with Gasteiger partial charge in [0.2, 0.25) is 0 Å². The fourth-order valence-electron chi connectivity index (χ4n) is 3.70. The van der Waals surface area contributed by atoms with Gasteiger partial charge in [-0.05, 0) is 68.6 Å². The van der Waals surface area contributed by atoms with Crippen molar-refractivity contribution in [3.05, 3.63) is 70.8 Å². The van der Waals surface area contributed by atoms with Crippen LogP contribution in [0.15, 0.2) is 54.6 Å². The van der Waals surface area contributed by atoms with Crippen LogP contribution >= 0.6 is 11.6 Å². The summed E-state index contributed by atoms with van der Waals surface area (Å²) in [6.45, 7) is 2.52. The topological polar surface area (TPSA) is 43.8 Å². The maximum Gasteiger partial charge on any atom is 1.00 e. The minimum absolute atomic E-state index is 0. The van der Waals surface area contributed by atoms with Crippen molar-refractivity contribution < 1.29 is 30.2 Å². The summed E-state index contributed by atoms with van der Waals surface area (Å²) in [6.07, 6.45) is 7.05. The molecule has 3 rings (SSSR count). The van der Waals surface area contributed by atoms with Gasteiger partial charge in [0, 0.05) is 35.6 Å². The fraction of sp³-hybridized carbons (Fsp3) is 0.348. The molecular formula is C23H28ClLiN2O2. The molecule has 0 fully saturated rings. The Morgan fingerprint density at radius 3 is 2.66 bits per heavy atom. The zero-order valence-electron chi connectivity index (χ0n) is 18.3. The molecule has 1 aliphatic rings. The molecule has 0 amide bonds. The molecule has 1 heterocycles. The van der Waals surface area contributed by atoms with Gasteiger partial charge >= 0.3 is 24.8 Å². The van der Waals surface area contributed by atoms with Gasteiger partial charge in [0.1, 0.15) is 0 Å². The number of anilines is 2. The maximum atomic E-state index is 10.5. The fourth-order valence-corrected chi connectivity index (χ4v) is 3.87. The van der Waals surface area contributed by atoms with E-state index in [2.05, 4.69) is 46.2 Å². The van der Waals surface area contributed by atoms with E-state index in [4.69, 9.17) is 16.7 Å². The minimum atomic E-state index is -0.898. The third kappa shape index (κ3) is 6.66. The predicted molar refractivity (Wildman–Crippen MR) is 117 cm³/mol. The summed E-state index contributed by atoms with van der Waals surface area (Å²) in [5.74, 6) is -0.898. The SMILES string of the molecule is CN(C/C=C/C(=O)O)CCCCN1c2ccccc2CCc2ccc(Cl)cc21.[H-].[Li+]. The van der Waals surface area contributed by atoms with Crippen molar-refractivity contribution in [2.75, 3.05) is 31.6 Å². The van der Waals surface area contributed by atoms with Gasteiger partial charge in [0.05, 0.1) is 0 Å². The van der Waals surface area contributed by atoms with E-state index in [-0.39, 0.29) is 20.3 Å². The van der Waals surface area contributed by atoms with Crippen LogP contribution in [-0.4, -0.2) is 42.7 Å². The van der Waals surface area contributed by atoms with Gasteiger partial charge in [0.15, 0.2) is 0 Å². The molecular weight excluding hydrogens is 379 g/mol. The maximum absolute atomic E-state index is 10.5. The monoisotopic (exact) mass is 406 g/mol. The predicted octanol–water partition coefficient (Wildman–Crippen LogP) is 2.05. The number of hydrogen-bond donors (Lipinski definition) is 1. The average molecular weight is 407 g/mol. The Hall–Kier alpha value is -1.70. The zero-order valence-corrected chi connectivity index (χ0v) is 18.0. The third-order valence-electron chi connectivity index (χ3n) is 5.13. The molecule has 0 saturated carbocycles. The summed E-state index contributed by atoms with van der Waals surface area (Å²) in [6, 6.07) is 14.9. The summed E-state index contributed by atoms with van der Waals surface area (Å²) in [7, 11) is 2.02. The summed E-state index contributed by atoms with van der Waals surface area (Å²) in [5, 5.41) is 9.44. The van der Waals surface area contributed by atoms with Crippen molar-refractivity contribution in [2.24, 2.45) is 0 Å². The Bertz CT molecular complexity index is 863. The Labute approximate surface area is 191 Å². The largest absolute Gasteiger partial charge is 1.00 e. The van der Waals surface area contributed by atoms with E-state index >= 15 is 0 Å². The van der Waals surface area contributed by atoms with Crippen molar-refractivity contribution in [1.82, 2.24) is 4.90 Å². The van der Waals surface area contributed by atoms with Crippen molar-refractivity contribution in [3.8, 4) is 0 Å². The number of aliphatic carboxylic acids is 1. The number of carboxylic acids is 1. The van der Waals surface area contributed by atoms with Crippen molar-refractivity contribution in [1.29, 1.82) is 0 Å². The van der Waals surface area contributed by atoms with Crippen LogP contribution in [0, 0.1) is 0 Å². The molecule has 150 valence electrons. The van der Waals surface area contributed by atoms with Crippen molar-refractivity contribution in [3.63, 3.8) is 0 Å². The molecule has 0 bridgehead atoms. The molecule has 0 spiro atoms. The first-order valence-electron chi connectivity index (χ1n) is 9.76. The number of rotatable bonds is 8. The molecule has 6 heteroatoms. The molecule has 0 saturated heterocycles. The van der Waals surface area contributed by atoms with Gasteiger partial charge in [-0.3, -0.25) is 0 Å². The van der Waals surface area contributed by atoms with Crippen LogP contribution in [0.4, 0.5) is 11.4 Å². The number of likely N-dealkylation sites (N-methyl/N-ethyl adjacent to an activating group) is 1. The van der Waals surface area contributed by atoms with Gasteiger partial charge in [-0.25, -0.2) is 4.79 Å². The first-order chi connectivity index (χ1) is 13.5. The molecule has 29 heavy (non-hydrogen) atoms. The standard InChI is InChI=1S/C23H27ClN2O2.Li.H/c1-25(15-6-9-23(27)28)14-4-5-16-26-21-8-3-2-7-18(21)10-11-19-12-13-20(24)17-22(19)26;;/h2-3,6-9,12-13,17H,4-5,10-11,14-16H2,1H3,(H,27,28);;/q;+1;-1/b9-6+;;. The Morgan fingerprint density at radius 2 is 1.90 bits per heavy atom. The molecule has 2 aromatic rings. The van der Waals surface area contributed by atoms with Crippen LogP contribution < -0.4 is 23.8 Å². The van der Waals surface area contributed by atoms with E-state index in [1.165, 1.54) is 28.6 Å². The summed E-state index contributed by atoms with van der Waals surface area (Å²) < 4.78 is 0. The molecule has 2 aromatic carbocycles. The number of benzene rings is 2. The smallest absolute Gasteiger partial charge is 1.00 e. The van der Waals surface area contributed by atoms with E-state index in [1.807, 2.05) is 13.1 Å².